The van der Waals surface area contributed by atoms with Gasteiger partial charge in [-0.3, -0.25) is 9.59 Å². The summed E-state index contributed by atoms with van der Waals surface area (Å²) in [6.07, 6.45) is 41.3. The zero-order valence-corrected chi connectivity index (χ0v) is 38.6. The van der Waals surface area contributed by atoms with Crippen molar-refractivity contribution in [3.63, 3.8) is 0 Å². The third-order valence-corrected chi connectivity index (χ3v) is 12.4. The Hall–Kier alpha value is -1.10. The lowest BCUT2D eigenvalue weighted by Crippen LogP contribution is -2.31. The average Bonchev–Trinajstić information content (AvgIpc) is 3.16. The highest BCUT2D eigenvalue weighted by Crippen LogP contribution is 2.24. The summed E-state index contributed by atoms with van der Waals surface area (Å²) in [7, 11) is 2.28. The summed E-state index contributed by atoms with van der Waals surface area (Å²) in [5.41, 5.74) is 0. The van der Waals surface area contributed by atoms with Gasteiger partial charge < -0.3 is 14.4 Å². The molecule has 0 unspecified atom stereocenters. The van der Waals surface area contributed by atoms with Crippen molar-refractivity contribution in [1.29, 1.82) is 0 Å². The van der Waals surface area contributed by atoms with E-state index >= 15 is 0 Å². The molecule has 0 aromatic heterocycles. The number of nitrogens with zero attached hydrogens (tertiary/aromatic N) is 1. The summed E-state index contributed by atoms with van der Waals surface area (Å²) in [4.78, 5) is 27.2. The van der Waals surface area contributed by atoms with Crippen LogP contribution in [0.1, 0.15) is 260 Å². The maximum absolute atomic E-state index is 12.4. The summed E-state index contributed by atoms with van der Waals surface area (Å²) in [6.45, 7) is 16.1. The normalized spacial score (nSPS) is 11.9. The highest BCUT2D eigenvalue weighted by atomic mass is 16.5. The van der Waals surface area contributed by atoms with Crippen molar-refractivity contribution in [1.82, 2.24) is 4.90 Å². The minimum atomic E-state index is 0.0164. The minimum Gasteiger partial charge on any atom is -0.466 e. The predicted molar refractivity (Wildman–Crippen MR) is 240 cm³/mol. The summed E-state index contributed by atoms with van der Waals surface area (Å²) < 4.78 is 11.3. The lowest BCUT2D eigenvalue weighted by atomic mass is 9.92. The van der Waals surface area contributed by atoms with Gasteiger partial charge in [-0.25, -0.2) is 0 Å². The standard InChI is InChI=1S/C50H99NO4/c1-8-12-24-32-46(33-25-13-9-2)40-42-54-49(52)38-30-22-18-16-20-28-36-48(44-51(7)45(5)6)37-29-21-17-19-23-31-39-50(53)55-43-41-47(34-26-14-10-3)35-27-15-11-4/h45-48H,8-44H2,1-7H3. The molecule has 0 aliphatic rings. The summed E-state index contributed by atoms with van der Waals surface area (Å²) >= 11 is 0. The first kappa shape index (κ1) is 53.9. The molecule has 0 radical (unpaired) electrons. The lowest BCUT2D eigenvalue weighted by molar-refractivity contribution is -0.145. The Kier molecular flexibility index (Phi) is 40.3. The molecule has 0 N–H and O–H groups in total. The molecular weight excluding hydrogens is 679 g/mol. The smallest absolute Gasteiger partial charge is 0.305 e. The first-order chi connectivity index (χ1) is 26.8. The van der Waals surface area contributed by atoms with Crippen LogP contribution in [0.5, 0.6) is 0 Å². The molecule has 0 spiro atoms. The van der Waals surface area contributed by atoms with Crippen LogP contribution in [-0.2, 0) is 19.1 Å². The van der Waals surface area contributed by atoms with E-state index in [9.17, 15) is 9.59 Å². The van der Waals surface area contributed by atoms with Gasteiger partial charge in [0, 0.05) is 25.4 Å². The Morgan fingerprint density at radius 2 is 0.691 bits per heavy atom. The molecule has 0 bridgehead atoms. The molecule has 5 heteroatoms. The third kappa shape index (κ3) is 37.0. The molecule has 0 aromatic rings. The van der Waals surface area contributed by atoms with Gasteiger partial charge in [0.25, 0.3) is 0 Å². The number of ether oxygens (including phenoxy) is 2. The van der Waals surface area contributed by atoms with Crippen molar-refractivity contribution in [3.8, 4) is 0 Å². The van der Waals surface area contributed by atoms with Gasteiger partial charge in [-0.05, 0) is 77.2 Å². The first-order valence-electron chi connectivity index (χ1n) is 24.8. The molecule has 0 aliphatic carbocycles. The van der Waals surface area contributed by atoms with Gasteiger partial charge in [0.05, 0.1) is 13.2 Å². The van der Waals surface area contributed by atoms with E-state index in [1.165, 1.54) is 173 Å². The van der Waals surface area contributed by atoms with Gasteiger partial charge in [0.2, 0.25) is 0 Å². The maximum atomic E-state index is 12.4. The SMILES string of the molecule is CCCCCC(CCCCC)CCOC(=O)CCCCCCCCC(CCCCCCCCC(=O)OCCC(CCCCC)CCCCC)CN(C)C(C)C. The molecular formula is C50H99NO4. The summed E-state index contributed by atoms with van der Waals surface area (Å²) in [5, 5.41) is 0. The molecule has 5 nitrogen and oxygen atoms in total. The molecule has 0 atom stereocenters. The molecule has 0 amide bonds. The van der Waals surface area contributed by atoms with E-state index < -0.39 is 0 Å². The molecule has 0 aromatic carbocycles. The van der Waals surface area contributed by atoms with Crippen LogP contribution < -0.4 is 0 Å². The highest BCUT2D eigenvalue weighted by Gasteiger charge is 2.15. The number of unbranched alkanes of at least 4 members (excludes halogenated alkanes) is 18. The molecule has 0 saturated carbocycles. The fourth-order valence-corrected chi connectivity index (χ4v) is 8.19. The van der Waals surface area contributed by atoms with Crippen LogP contribution in [0.25, 0.3) is 0 Å². The van der Waals surface area contributed by atoms with Gasteiger partial charge in [0.15, 0.2) is 0 Å². The zero-order chi connectivity index (χ0) is 40.6. The van der Waals surface area contributed by atoms with Gasteiger partial charge in [-0.2, -0.15) is 0 Å². The van der Waals surface area contributed by atoms with Crippen molar-refractivity contribution in [3.05, 3.63) is 0 Å². The molecule has 328 valence electrons. The Morgan fingerprint density at radius 3 is 1.02 bits per heavy atom. The van der Waals surface area contributed by atoms with Crippen molar-refractivity contribution < 1.29 is 19.1 Å². The Morgan fingerprint density at radius 1 is 0.400 bits per heavy atom. The van der Waals surface area contributed by atoms with Crippen molar-refractivity contribution in [2.45, 2.75) is 266 Å². The average molecular weight is 778 g/mol. The monoisotopic (exact) mass is 778 g/mol. The van der Waals surface area contributed by atoms with E-state index in [0.717, 1.165) is 56.3 Å². The van der Waals surface area contributed by atoms with Crippen molar-refractivity contribution >= 4 is 11.9 Å². The molecule has 0 heterocycles. The van der Waals surface area contributed by atoms with Crippen molar-refractivity contribution in [2.75, 3.05) is 26.8 Å². The minimum absolute atomic E-state index is 0.0164. The van der Waals surface area contributed by atoms with E-state index in [4.69, 9.17) is 9.47 Å². The van der Waals surface area contributed by atoms with E-state index in [2.05, 4.69) is 53.5 Å². The Labute approximate surface area is 345 Å². The molecule has 0 aliphatic heterocycles. The first-order valence-corrected chi connectivity index (χ1v) is 24.8. The fourth-order valence-electron chi connectivity index (χ4n) is 8.19. The van der Waals surface area contributed by atoms with Crippen molar-refractivity contribution in [2.24, 2.45) is 17.8 Å². The summed E-state index contributed by atoms with van der Waals surface area (Å²) in [6, 6.07) is 0.594. The number of carbonyl (C=O) groups is 2. The highest BCUT2D eigenvalue weighted by molar-refractivity contribution is 5.69. The van der Waals surface area contributed by atoms with Crippen LogP contribution in [0.4, 0.5) is 0 Å². The van der Waals surface area contributed by atoms with Crippen LogP contribution in [0, 0.1) is 17.8 Å². The molecule has 0 rings (SSSR count). The number of carbonyl (C=O) groups excluding carboxylic acids is 2. The topological polar surface area (TPSA) is 55.8 Å². The van der Waals surface area contributed by atoms with Crippen LogP contribution in [0.15, 0.2) is 0 Å². The van der Waals surface area contributed by atoms with Gasteiger partial charge in [-0.1, -0.05) is 195 Å². The number of hydrogen-bond donors (Lipinski definition) is 0. The van der Waals surface area contributed by atoms with Gasteiger partial charge in [-0.15, -0.1) is 0 Å². The number of hydrogen-bond acceptors (Lipinski definition) is 5. The predicted octanol–water partition coefficient (Wildman–Crippen LogP) is 15.6. The largest absolute Gasteiger partial charge is 0.466 e. The van der Waals surface area contributed by atoms with E-state index in [0.29, 0.717) is 32.1 Å². The van der Waals surface area contributed by atoms with Crippen LogP contribution in [0.2, 0.25) is 0 Å². The second-order valence-electron chi connectivity index (χ2n) is 18.0. The lowest BCUT2D eigenvalue weighted by Gasteiger charge is -2.27. The number of rotatable bonds is 43. The van der Waals surface area contributed by atoms with Crippen LogP contribution in [-0.4, -0.2) is 49.7 Å². The fraction of sp³-hybridized carbons (Fsp3) is 0.960. The van der Waals surface area contributed by atoms with Gasteiger partial charge >= 0.3 is 11.9 Å². The van der Waals surface area contributed by atoms with Crippen LogP contribution >= 0.6 is 0 Å². The van der Waals surface area contributed by atoms with Gasteiger partial charge in [0.1, 0.15) is 0 Å². The van der Waals surface area contributed by atoms with Crippen LogP contribution in [0.3, 0.4) is 0 Å². The Balaban J connectivity index is 4.10. The second kappa shape index (κ2) is 41.1. The molecule has 55 heavy (non-hydrogen) atoms. The summed E-state index contributed by atoms with van der Waals surface area (Å²) in [5.74, 6) is 2.27. The maximum Gasteiger partial charge on any atom is 0.305 e. The zero-order valence-electron chi connectivity index (χ0n) is 38.6. The second-order valence-corrected chi connectivity index (χ2v) is 18.0. The van der Waals surface area contributed by atoms with E-state index in [1.807, 2.05) is 0 Å². The quantitative estimate of drug-likeness (QED) is 0.0456. The van der Waals surface area contributed by atoms with E-state index in [1.54, 1.807) is 0 Å². The Bertz CT molecular complexity index is 738. The third-order valence-electron chi connectivity index (χ3n) is 12.4. The molecule has 0 fully saturated rings. The van der Waals surface area contributed by atoms with E-state index in [-0.39, 0.29) is 11.9 Å². The molecule has 0 saturated heterocycles. The number of esters is 2.